The summed E-state index contributed by atoms with van der Waals surface area (Å²) in [4.78, 5) is 12.1. The molecule has 1 amide bonds. The number of alkyl halides is 3. The molecule has 0 saturated carbocycles. The maximum absolute atomic E-state index is 12.5. The number of carbonyl (C=O) groups excluding carboxylic acids is 1. The van der Waals surface area contributed by atoms with E-state index in [1.807, 2.05) is 0 Å². The number of halogens is 3. The first kappa shape index (κ1) is 20.7. The van der Waals surface area contributed by atoms with Crippen LogP contribution in [0.2, 0.25) is 0 Å². The topological polar surface area (TPSA) is 84.5 Å². The third-order valence-electron chi connectivity index (χ3n) is 3.57. The van der Waals surface area contributed by atoms with Gasteiger partial charge in [0.05, 0.1) is 23.6 Å². The molecule has 1 unspecified atom stereocenters. The van der Waals surface area contributed by atoms with E-state index in [1.165, 1.54) is 38.3 Å². The number of hydrogen-bond acceptors (Lipinski definition) is 4. The van der Waals surface area contributed by atoms with Crippen molar-refractivity contribution in [3.8, 4) is 5.75 Å². The van der Waals surface area contributed by atoms with Gasteiger partial charge in [-0.3, -0.25) is 4.79 Å². The predicted molar refractivity (Wildman–Crippen MR) is 92.9 cm³/mol. The molecule has 10 heteroatoms. The molecule has 0 saturated heterocycles. The normalized spacial score (nSPS) is 13.1. The minimum absolute atomic E-state index is 0.0579. The molecule has 0 aliphatic carbocycles. The van der Waals surface area contributed by atoms with E-state index in [2.05, 4.69) is 10.0 Å². The number of methoxy groups -OCH3 is 1. The van der Waals surface area contributed by atoms with Crippen molar-refractivity contribution in [3.63, 3.8) is 0 Å². The van der Waals surface area contributed by atoms with Gasteiger partial charge in [0.15, 0.2) is 0 Å². The van der Waals surface area contributed by atoms with Crippen molar-refractivity contribution in [2.75, 3.05) is 12.4 Å². The van der Waals surface area contributed by atoms with Gasteiger partial charge in [0.2, 0.25) is 15.9 Å². The van der Waals surface area contributed by atoms with Crippen LogP contribution in [-0.4, -0.2) is 27.5 Å². The number of anilines is 1. The van der Waals surface area contributed by atoms with E-state index in [4.69, 9.17) is 4.74 Å². The lowest BCUT2D eigenvalue weighted by Gasteiger charge is -2.15. The average Bonchev–Trinajstić information content (AvgIpc) is 2.61. The van der Waals surface area contributed by atoms with Crippen molar-refractivity contribution < 1.29 is 31.1 Å². The molecule has 146 valence electrons. The van der Waals surface area contributed by atoms with E-state index >= 15 is 0 Å². The van der Waals surface area contributed by atoms with E-state index in [1.54, 1.807) is 0 Å². The molecule has 2 N–H and O–H groups in total. The third kappa shape index (κ3) is 5.44. The molecule has 0 bridgehead atoms. The first-order valence-electron chi connectivity index (χ1n) is 7.67. The second-order valence-corrected chi connectivity index (χ2v) is 7.30. The van der Waals surface area contributed by atoms with E-state index in [0.717, 1.165) is 24.3 Å². The molecule has 0 radical (unpaired) electrons. The molecule has 0 fully saturated rings. The quantitative estimate of drug-likeness (QED) is 0.778. The molecule has 2 aromatic carbocycles. The Hall–Kier alpha value is -2.59. The Morgan fingerprint density at radius 3 is 2.07 bits per heavy atom. The van der Waals surface area contributed by atoms with E-state index < -0.39 is 33.7 Å². The maximum atomic E-state index is 12.5. The molecule has 0 heterocycles. The Morgan fingerprint density at radius 2 is 1.59 bits per heavy atom. The van der Waals surface area contributed by atoms with Crippen LogP contribution in [-0.2, 0) is 21.0 Å². The zero-order chi connectivity index (χ0) is 20.2. The van der Waals surface area contributed by atoms with Crippen LogP contribution in [0.3, 0.4) is 0 Å². The van der Waals surface area contributed by atoms with Crippen LogP contribution in [0, 0.1) is 0 Å². The first-order valence-corrected chi connectivity index (χ1v) is 9.16. The standard InChI is InChI=1S/C17H17F3N2O4S/c1-11(22-27(24,25)15-9-7-14(26-2)8-10-15)16(23)21-13-5-3-12(4-6-13)17(18,19)20/h3-11,22H,1-2H3,(H,21,23). The van der Waals surface area contributed by atoms with Crippen LogP contribution < -0.4 is 14.8 Å². The molecule has 6 nitrogen and oxygen atoms in total. The number of rotatable bonds is 6. The lowest BCUT2D eigenvalue weighted by molar-refractivity contribution is -0.137. The van der Waals surface area contributed by atoms with Crippen LogP contribution in [0.15, 0.2) is 53.4 Å². The SMILES string of the molecule is COc1ccc(S(=O)(=O)NC(C)C(=O)Nc2ccc(C(F)(F)F)cc2)cc1. The lowest BCUT2D eigenvalue weighted by atomic mass is 10.2. The number of hydrogen-bond donors (Lipinski definition) is 2. The molecule has 0 aliphatic heterocycles. The summed E-state index contributed by atoms with van der Waals surface area (Å²) in [5, 5.41) is 2.36. The van der Waals surface area contributed by atoms with Crippen molar-refractivity contribution in [3.05, 3.63) is 54.1 Å². The molecule has 2 aromatic rings. The van der Waals surface area contributed by atoms with Gasteiger partial charge in [0.25, 0.3) is 0 Å². The van der Waals surface area contributed by atoms with Crippen molar-refractivity contribution in [1.82, 2.24) is 4.72 Å². The van der Waals surface area contributed by atoms with Gasteiger partial charge in [-0.15, -0.1) is 0 Å². The summed E-state index contributed by atoms with van der Waals surface area (Å²) >= 11 is 0. The van der Waals surface area contributed by atoms with Crippen molar-refractivity contribution in [2.45, 2.75) is 24.0 Å². The molecular formula is C17H17F3N2O4S. The van der Waals surface area contributed by atoms with Crippen molar-refractivity contribution >= 4 is 21.6 Å². The minimum Gasteiger partial charge on any atom is -0.497 e. The van der Waals surface area contributed by atoms with Crippen LogP contribution in [0.4, 0.5) is 18.9 Å². The highest BCUT2D eigenvalue weighted by Crippen LogP contribution is 2.29. The summed E-state index contributed by atoms with van der Waals surface area (Å²) in [6, 6.07) is 8.23. The van der Waals surface area contributed by atoms with Crippen LogP contribution in [0.1, 0.15) is 12.5 Å². The van der Waals surface area contributed by atoms with Gasteiger partial charge in [-0.2, -0.15) is 17.9 Å². The molecule has 0 spiro atoms. The van der Waals surface area contributed by atoms with Crippen LogP contribution >= 0.6 is 0 Å². The Bertz CT molecular complexity index is 895. The highest BCUT2D eigenvalue weighted by atomic mass is 32.2. The summed E-state index contributed by atoms with van der Waals surface area (Å²) in [6.45, 7) is 1.32. The number of carbonyl (C=O) groups is 1. The van der Waals surface area contributed by atoms with Gasteiger partial charge in [-0.05, 0) is 55.5 Å². The second kappa shape index (κ2) is 7.97. The Kier molecular flexibility index (Phi) is 6.11. The number of benzene rings is 2. The molecule has 0 aromatic heterocycles. The summed E-state index contributed by atoms with van der Waals surface area (Å²) in [7, 11) is -2.52. The summed E-state index contributed by atoms with van der Waals surface area (Å²) < 4.78 is 69.3. The van der Waals surface area contributed by atoms with Crippen molar-refractivity contribution in [2.24, 2.45) is 0 Å². The molecule has 2 rings (SSSR count). The fourth-order valence-electron chi connectivity index (χ4n) is 2.10. The monoisotopic (exact) mass is 402 g/mol. The Morgan fingerprint density at radius 1 is 1.04 bits per heavy atom. The number of sulfonamides is 1. The summed E-state index contributed by atoms with van der Waals surface area (Å²) in [6.07, 6.45) is -4.48. The van der Waals surface area contributed by atoms with E-state index in [9.17, 15) is 26.4 Å². The lowest BCUT2D eigenvalue weighted by Crippen LogP contribution is -2.41. The van der Waals surface area contributed by atoms with Crippen molar-refractivity contribution in [1.29, 1.82) is 0 Å². The number of nitrogens with one attached hydrogen (secondary N) is 2. The fourth-order valence-corrected chi connectivity index (χ4v) is 3.31. The Labute approximate surface area is 154 Å². The number of ether oxygens (including phenoxy) is 1. The first-order chi connectivity index (χ1) is 12.5. The van der Waals surface area contributed by atoms with Crippen LogP contribution in [0.5, 0.6) is 5.75 Å². The minimum atomic E-state index is -4.48. The highest BCUT2D eigenvalue weighted by Gasteiger charge is 2.30. The highest BCUT2D eigenvalue weighted by molar-refractivity contribution is 7.89. The van der Waals surface area contributed by atoms with Gasteiger partial charge in [-0.1, -0.05) is 0 Å². The molecule has 27 heavy (non-hydrogen) atoms. The third-order valence-corrected chi connectivity index (χ3v) is 5.13. The van der Waals surface area contributed by atoms with E-state index in [0.29, 0.717) is 5.75 Å². The van der Waals surface area contributed by atoms with E-state index in [-0.39, 0.29) is 10.6 Å². The summed E-state index contributed by atoms with van der Waals surface area (Å²) in [5.41, 5.74) is -0.739. The zero-order valence-corrected chi connectivity index (χ0v) is 15.2. The largest absolute Gasteiger partial charge is 0.497 e. The van der Waals surface area contributed by atoms with Gasteiger partial charge < -0.3 is 10.1 Å². The Balaban J connectivity index is 2.03. The average molecular weight is 402 g/mol. The predicted octanol–water partition coefficient (Wildman–Crippen LogP) is 3.02. The molecule has 0 aliphatic rings. The maximum Gasteiger partial charge on any atom is 0.416 e. The van der Waals surface area contributed by atoms with Gasteiger partial charge >= 0.3 is 6.18 Å². The van der Waals surface area contributed by atoms with Crippen LogP contribution in [0.25, 0.3) is 0 Å². The smallest absolute Gasteiger partial charge is 0.416 e. The van der Waals surface area contributed by atoms with Gasteiger partial charge in [0, 0.05) is 5.69 Å². The van der Waals surface area contributed by atoms with Gasteiger partial charge in [-0.25, -0.2) is 8.42 Å². The second-order valence-electron chi connectivity index (χ2n) is 5.58. The fraction of sp³-hybridized carbons (Fsp3) is 0.235. The van der Waals surface area contributed by atoms with Gasteiger partial charge in [0.1, 0.15) is 5.75 Å². The zero-order valence-electron chi connectivity index (χ0n) is 14.4. The summed E-state index contributed by atoms with van der Waals surface area (Å²) in [5.74, 6) is -0.242. The molecule has 1 atom stereocenters. The molecular weight excluding hydrogens is 385 g/mol. The number of amides is 1.